The van der Waals surface area contributed by atoms with Gasteiger partial charge in [-0.3, -0.25) is 0 Å². The van der Waals surface area contributed by atoms with E-state index in [4.69, 9.17) is 5.26 Å². The fourth-order valence-electron chi connectivity index (χ4n) is 1.72. The molecule has 0 aromatic heterocycles. The van der Waals surface area contributed by atoms with E-state index in [0.29, 0.717) is 13.1 Å². The molecule has 0 amide bonds. The summed E-state index contributed by atoms with van der Waals surface area (Å²) in [6, 6.07) is 2.13. The zero-order valence-corrected chi connectivity index (χ0v) is 10.8. The third kappa shape index (κ3) is 3.74. The average Bonchev–Trinajstić information content (AvgIpc) is 2.14. The third-order valence-corrected chi connectivity index (χ3v) is 4.22. The third-order valence-electron chi connectivity index (χ3n) is 2.34. The maximum Gasteiger partial charge on any atom is 0.279 e. The first-order valence-corrected chi connectivity index (χ1v) is 6.87. The summed E-state index contributed by atoms with van der Waals surface area (Å²) in [6.07, 6.45) is 1.54. The largest absolute Gasteiger partial charge is 0.279 e. The Labute approximate surface area is 97.6 Å². The van der Waals surface area contributed by atoms with E-state index in [1.165, 1.54) is 4.31 Å². The van der Waals surface area contributed by atoms with Crippen LogP contribution in [0.25, 0.3) is 0 Å². The highest BCUT2D eigenvalue weighted by molar-refractivity contribution is 7.87. The Bertz CT molecular complexity index is 378. The van der Waals surface area contributed by atoms with E-state index in [-0.39, 0.29) is 5.92 Å². The molecule has 1 aliphatic heterocycles. The Morgan fingerprint density at radius 1 is 1.44 bits per heavy atom. The van der Waals surface area contributed by atoms with Gasteiger partial charge < -0.3 is 0 Å². The van der Waals surface area contributed by atoms with Crippen molar-refractivity contribution in [3.8, 4) is 6.07 Å². The molecule has 16 heavy (non-hydrogen) atoms. The molecule has 0 aliphatic carbocycles. The molecule has 92 valence electrons. The Morgan fingerprint density at radius 2 is 2.06 bits per heavy atom. The maximum atomic E-state index is 12.0. The van der Waals surface area contributed by atoms with Gasteiger partial charge in [0.25, 0.3) is 10.2 Å². The van der Waals surface area contributed by atoms with Crippen molar-refractivity contribution < 1.29 is 8.42 Å². The van der Waals surface area contributed by atoms with E-state index >= 15 is 0 Å². The van der Waals surface area contributed by atoms with E-state index in [9.17, 15) is 8.42 Å². The van der Waals surface area contributed by atoms with Crippen molar-refractivity contribution >= 4 is 10.2 Å². The summed E-state index contributed by atoms with van der Waals surface area (Å²) in [5.74, 6) is -0.176. The highest BCUT2D eigenvalue weighted by atomic mass is 32.2. The van der Waals surface area contributed by atoms with Crippen LogP contribution in [0, 0.1) is 17.2 Å². The monoisotopic (exact) mass is 245 g/mol. The van der Waals surface area contributed by atoms with Crippen LogP contribution in [-0.2, 0) is 10.2 Å². The summed E-state index contributed by atoms with van der Waals surface area (Å²) in [4.78, 5) is 0. The van der Waals surface area contributed by atoms with Crippen molar-refractivity contribution in [2.45, 2.75) is 39.2 Å². The lowest BCUT2D eigenvalue weighted by Gasteiger charge is -2.31. The molecule has 1 aliphatic rings. The van der Waals surface area contributed by atoms with Crippen LogP contribution in [0.15, 0.2) is 0 Å². The number of nitrogens with one attached hydrogen (secondary N) is 1. The molecule has 1 fully saturated rings. The van der Waals surface area contributed by atoms with Crippen LogP contribution in [0.3, 0.4) is 0 Å². The van der Waals surface area contributed by atoms with E-state index in [1.54, 1.807) is 20.8 Å². The van der Waals surface area contributed by atoms with Crippen molar-refractivity contribution in [2.24, 2.45) is 5.92 Å². The van der Waals surface area contributed by atoms with E-state index < -0.39 is 15.7 Å². The van der Waals surface area contributed by atoms with Gasteiger partial charge in [-0.15, -0.1) is 0 Å². The molecule has 1 heterocycles. The number of nitriles is 1. The Morgan fingerprint density at radius 3 is 2.56 bits per heavy atom. The summed E-state index contributed by atoms with van der Waals surface area (Å²) in [6.45, 7) is 6.22. The van der Waals surface area contributed by atoms with E-state index in [2.05, 4.69) is 10.8 Å². The standard InChI is InChI=1S/C10H19N3O2S/c1-10(2,3)12-16(14,15)13-6-4-5-9(7-11)8-13/h9,12H,4-6,8H2,1-3H3. The van der Waals surface area contributed by atoms with E-state index in [0.717, 1.165) is 12.8 Å². The molecule has 1 atom stereocenters. The predicted molar refractivity (Wildman–Crippen MR) is 61.7 cm³/mol. The van der Waals surface area contributed by atoms with Gasteiger partial charge in [0.2, 0.25) is 0 Å². The van der Waals surface area contributed by atoms with Gasteiger partial charge in [-0.25, -0.2) is 0 Å². The van der Waals surface area contributed by atoms with Crippen LogP contribution in [0.4, 0.5) is 0 Å². The van der Waals surface area contributed by atoms with Gasteiger partial charge in [-0.05, 0) is 33.6 Å². The molecule has 0 saturated carbocycles. The second-order valence-corrected chi connectivity index (χ2v) is 6.85. The Hall–Kier alpha value is -0.640. The highest BCUT2D eigenvalue weighted by Crippen LogP contribution is 2.18. The van der Waals surface area contributed by atoms with Crippen LogP contribution in [-0.4, -0.2) is 31.4 Å². The molecule has 1 N–H and O–H groups in total. The first kappa shape index (κ1) is 13.4. The normalized spacial score (nSPS) is 24.0. The minimum Gasteiger partial charge on any atom is -0.198 e. The second-order valence-electron chi connectivity index (χ2n) is 5.18. The van der Waals surface area contributed by atoms with Gasteiger partial charge in [0.05, 0.1) is 12.0 Å². The highest BCUT2D eigenvalue weighted by Gasteiger charge is 2.31. The molecule has 0 radical (unpaired) electrons. The molecule has 0 bridgehead atoms. The fourth-order valence-corrected chi connectivity index (χ4v) is 3.37. The fraction of sp³-hybridized carbons (Fsp3) is 0.900. The van der Waals surface area contributed by atoms with Gasteiger partial charge in [-0.2, -0.15) is 22.7 Å². The number of nitrogens with zero attached hydrogens (tertiary/aromatic N) is 2. The quantitative estimate of drug-likeness (QED) is 0.784. The van der Waals surface area contributed by atoms with Gasteiger partial charge in [0.1, 0.15) is 0 Å². The molecule has 6 heteroatoms. The Balaban J connectivity index is 2.73. The lowest BCUT2D eigenvalue weighted by Crippen LogP contribution is -2.51. The van der Waals surface area contributed by atoms with Gasteiger partial charge in [-0.1, -0.05) is 0 Å². The van der Waals surface area contributed by atoms with Crippen molar-refractivity contribution in [1.29, 1.82) is 5.26 Å². The average molecular weight is 245 g/mol. The molecule has 0 spiro atoms. The van der Waals surface area contributed by atoms with Gasteiger partial charge in [0, 0.05) is 18.6 Å². The SMILES string of the molecule is CC(C)(C)NS(=O)(=O)N1CCCC(C#N)C1. The maximum absolute atomic E-state index is 12.0. The number of rotatable bonds is 2. The summed E-state index contributed by atoms with van der Waals surface area (Å²) in [5.41, 5.74) is -0.488. The van der Waals surface area contributed by atoms with Crippen molar-refractivity contribution in [3.63, 3.8) is 0 Å². The number of hydrogen-bond acceptors (Lipinski definition) is 3. The van der Waals surface area contributed by atoms with Crippen LogP contribution in [0.2, 0.25) is 0 Å². The van der Waals surface area contributed by atoms with Crippen LogP contribution >= 0.6 is 0 Å². The second kappa shape index (κ2) is 4.70. The van der Waals surface area contributed by atoms with Crippen LogP contribution in [0.5, 0.6) is 0 Å². The number of hydrogen-bond donors (Lipinski definition) is 1. The minimum atomic E-state index is -3.45. The molecule has 1 unspecified atom stereocenters. The van der Waals surface area contributed by atoms with Crippen LogP contribution in [0.1, 0.15) is 33.6 Å². The lowest BCUT2D eigenvalue weighted by molar-refractivity contribution is 0.296. The van der Waals surface area contributed by atoms with Gasteiger partial charge >= 0.3 is 0 Å². The molecule has 1 saturated heterocycles. The first-order chi connectivity index (χ1) is 7.24. The van der Waals surface area contributed by atoms with Crippen molar-refractivity contribution in [2.75, 3.05) is 13.1 Å². The first-order valence-electron chi connectivity index (χ1n) is 5.43. The minimum absolute atomic E-state index is 0.176. The van der Waals surface area contributed by atoms with Crippen LogP contribution < -0.4 is 4.72 Å². The molecular formula is C10H19N3O2S. The predicted octanol–water partition coefficient (Wildman–Crippen LogP) is 0.855. The molecule has 0 aromatic rings. The van der Waals surface area contributed by atoms with Gasteiger partial charge in [0.15, 0.2) is 0 Å². The smallest absolute Gasteiger partial charge is 0.198 e. The van der Waals surface area contributed by atoms with E-state index in [1.807, 2.05) is 0 Å². The molecular weight excluding hydrogens is 226 g/mol. The van der Waals surface area contributed by atoms with Crippen molar-refractivity contribution in [3.05, 3.63) is 0 Å². The lowest BCUT2D eigenvalue weighted by atomic mass is 10.0. The zero-order chi connectivity index (χ0) is 12.4. The zero-order valence-electron chi connectivity index (χ0n) is 10.0. The number of piperidine rings is 1. The summed E-state index contributed by atoms with van der Waals surface area (Å²) >= 11 is 0. The molecule has 0 aromatic carbocycles. The summed E-state index contributed by atoms with van der Waals surface area (Å²) in [7, 11) is -3.45. The van der Waals surface area contributed by atoms with Crippen molar-refractivity contribution in [1.82, 2.24) is 9.03 Å². The molecule has 1 rings (SSSR count). The molecule has 5 nitrogen and oxygen atoms in total. The Kier molecular flexibility index (Phi) is 3.94. The topological polar surface area (TPSA) is 73.2 Å². The summed E-state index contributed by atoms with van der Waals surface area (Å²) in [5, 5.41) is 8.82. The summed E-state index contributed by atoms with van der Waals surface area (Å²) < 4.78 is 27.9.